The van der Waals surface area contributed by atoms with E-state index in [2.05, 4.69) is 15.7 Å². The molecule has 0 unspecified atom stereocenters. The standard InChI is InChI=1S/C17H18N4O3/c1-23-15-8-4-5-9-16(15)24-11-10-18-17(22)20-21-12-19-13-6-2-3-7-14(13)21/h2-9,12H,10-11H2,1H3,(H2,18,20,22). The number of carbonyl (C=O) groups excluding carboxylic acids is 1. The van der Waals surface area contributed by atoms with Gasteiger partial charge in [0.05, 0.1) is 24.7 Å². The number of imidazole rings is 1. The molecule has 0 aliphatic heterocycles. The maximum Gasteiger partial charge on any atom is 0.334 e. The highest BCUT2D eigenvalue weighted by Crippen LogP contribution is 2.25. The van der Waals surface area contributed by atoms with Gasteiger partial charge in [-0.05, 0) is 24.3 Å². The van der Waals surface area contributed by atoms with Gasteiger partial charge in [0.1, 0.15) is 12.9 Å². The molecule has 1 aromatic heterocycles. The minimum Gasteiger partial charge on any atom is -0.493 e. The fourth-order valence-corrected chi connectivity index (χ4v) is 2.26. The van der Waals surface area contributed by atoms with Crippen LogP contribution in [0.2, 0.25) is 0 Å². The highest BCUT2D eigenvalue weighted by Gasteiger charge is 2.06. The molecule has 0 fully saturated rings. The van der Waals surface area contributed by atoms with Crippen LogP contribution in [0.15, 0.2) is 54.9 Å². The van der Waals surface area contributed by atoms with E-state index in [1.165, 1.54) is 0 Å². The normalized spacial score (nSPS) is 10.4. The molecule has 0 bridgehead atoms. The van der Waals surface area contributed by atoms with Gasteiger partial charge >= 0.3 is 6.03 Å². The number of fused-ring (bicyclic) bond motifs is 1. The molecule has 0 aliphatic carbocycles. The molecule has 3 aromatic rings. The molecule has 0 saturated carbocycles. The van der Waals surface area contributed by atoms with E-state index in [0.29, 0.717) is 24.7 Å². The quantitative estimate of drug-likeness (QED) is 0.682. The number of amides is 2. The highest BCUT2D eigenvalue weighted by atomic mass is 16.5. The van der Waals surface area contributed by atoms with Crippen LogP contribution < -0.4 is 20.2 Å². The molecule has 7 nitrogen and oxygen atoms in total. The Morgan fingerprint density at radius 3 is 2.71 bits per heavy atom. The zero-order valence-electron chi connectivity index (χ0n) is 13.2. The molecule has 1 heterocycles. The first kappa shape index (κ1) is 15.7. The first-order chi connectivity index (χ1) is 11.8. The maximum absolute atomic E-state index is 11.9. The van der Waals surface area contributed by atoms with Gasteiger partial charge in [-0.1, -0.05) is 24.3 Å². The maximum atomic E-state index is 11.9. The van der Waals surface area contributed by atoms with Crippen LogP contribution in [0.4, 0.5) is 4.79 Å². The second-order valence-electron chi connectivity index (χ2n) is 4.97. The molecule has 0 radical (unpaired) electrons. The number of benzene rings is 2. The van der Waals surface area contributed by atoms with E-state index in [-0.39, 0.29) is 6.03 Å². The molecular weight excluding hydrogens is 308 g/mol. The molecule has 3 rings (SSSR count). The van der Waals surface area contributed by atoms with Crippen molar-refractivity contribution < 1.29 is 14.3 Å². The van der Waals surface area contributed by atoms with E-state index in [9.17, 15) is 4.79 Å². The van der Waals surface area contributed by atoms with Crippen molar-refractivity contribution in [2.24, 2.45) is 0 Å². The fraction of sp³-hybridized carbons (Fsp3) is 0.176. The van der Waals surface area contributed by atoms with Crippen LogP contribution in [0, 0.1) is 0 Å². The van der Waals surface area contributed by atoms with E-state index in [1.54, 1.807) is 18.1 Å². The molecular formula is C17H18N4O3. The molecule has 0 spiro atoms. The van der Waals surface area contributed by atoms with Gasteiger partial charge in [0.15, 0.2) is 11.5 Å². The molecule has 7 heteroatoms. The first-order valence-corrected chi connectivity index (χ1v) is 7.50. The molecule has 2 amide bonds. The molecule has 0 atom stereocenters. The van der Waals surface area contributed by atoms with Crippen LogP contribution >= 0.6 is 0 Å². The number of nitrogens with zero attached hydrogens (tertiary/aromatic N) is 2. The van der Waals surface area contributed by atoms with Crippen molar-refractivity contribution in [3.05, 3.63) is 54.9 Å². The molecule has 0 saturated heterocycles. The molecule has 124 valence electrons. The third-order valence-electron chi connectivity index (χ3n) is 3.39. The molecule has 0 aliphatic rings. The van der Waals surface area contributed by atoms with Gasteiger partial charge in [-0.25, -0.2) is 19.9 Å². The van der Waals surface area contributed by atoms with Gasteiger partial charge in [-0.3, -0.25) is 0 Å². The lowest BCUT2D eigenvalue weighted by molar-refractivity contribution is 0.244. The summed E-state index contributed by atoms with van der Waals surface area (Å²) in [7, 11) is 1.59. The number of hydrogen-bond acceptors (Lipinski definition) is 4. The van der Waals surface area contributed by atoms with Crippen molar-refractivity contribution >= 4 is 17.1 Å². The smallest absolute Gasteiger partial charge is 0.334 e. The van der Waals surface area contributed by atoms with Gasteiger partial charge in [0, 0.05) is 0 Å². The second kappa shape index (κ2) is 7.36. The summed E-state index contributed by atoms with van der Waals surface area (Å²) in [5, 5.41) is 2.73. The van der Waals surface area contributed by atoms with Gasteiger partial charge in [0.25, 0.3) is 0 Å². The highest BCUT2D eigenvalue weighted by molar-refractivity contribution is 5.84. The van der Waals surface area contributed by atoms with Crippen LogP contribution in [-0.4, -0.2) is 36.0 Å². The SMILES string of the molecule is COc1ccccc1OCCNC(=O)Nn1cnc2ccccc21. The van der Waals surface area contributed by atoms with Gasteiger partial charge in [0.2, 0.25) is 0 Å². The van der Waals surface area contributed by atoms with Crippen molar-refractivity contribution in [3.8, 4) is 11.5 Å². The van der Waals surface area contributed by atoms with Gasteiger partial charge in [-0.2, -0.15) is 0 Å². The average molecular weight is 326 g/mol. The lowest BCUT2D eigenvalue weighted by atomic mass is 10.3. The van der Waals surface area contributed by atoms with Crippen molar-refractivity contribution in [2.45, 2.75) is 0 Å². The Bertz CT molecular complexity index is 831. The summed E-state index contributed by atoms with van der Waals surface area (Å²) in [6, 6.07) is 14.6. The third-order valence-corrected chi connectivity index (χ3v) is 3.39. The van der Waals surface area contributed by atoms with Crippen molar-refractivity contribution in [3.63, 3.8) is 0 Å². The number of urea groups is 1. The summed E-state index contributed by atoms with van der Waals surface area (Å²) in [4.78, 5) is 16.1. The van der Waals surface area contributed by atoms with Crippen LogP contribution in [0.5, 0.6) is 11.5 Å². The van der Waals surface area contributed by atoms with E-state index in [4.69, 9.17) is 9.47 Å². The molecule has 24 heavy (non-hydrogen) atoms. The van der Waals surface area contributed by atoms with Crippen LogP contribution in [0.25, 0.3) is 11.0 Å². The fourth-order valence-electron chi connectivity index (χ4n) is 2.26. The molecule has 2 N–H and O–H groups in total. The zero-order chi connectivity index (χ0) is 16.8. The van der Waals surface area contributed by atoms with E-state index in [0.717, 1.165) is 11.0 Å². The Balaban J connectivity index is 1.48. The number of ether oxygens (including phenoxy) is 2. The Morgan fingerprint density at radius 2 is 1.88 bits per heavy atom. The summed E-state index contributed by atoms with van der Waals surface area (Å²) in [6.07, 6.45) is 1.57. The second-order valence-corrected chi connectivity index (χ2v) is 4.97. The molecule has 2 aromatic carbocycles. The summed E-state index contributed by atoms with van der Waals surface area (Å²) in [5.74, 6) is 1.30. The third kappa shape index (κ3) is 3.57. The number of nitrogens with one attached hydrogen (secondary N) is 2. The number of hydrogen-bond donors (Lipinski definition) is 2. The zero-order valence-corrected chi connectivity index (χ0v) is 13.2. The average Bonchev–Trinajstić information content (AvgIpc) is 3.02. The monoisotopic (exact) mass is 326 g/mol. The Labute approximate surface area is 139 Å². The lowest BCUT2D eigenvalue weighted by Gasteiger charge is -2.11. The Morgan fingerprint density at radius 1 is 1.12 bits per heavy atom. The van der Waals surface area contributed by atoms with Crippen molar-refractivity contribution in [2.75, 3.05) is 25.7 Å². The number of aromatic nitrogens is 2. The first-order valence-electron chi connectivity index (χ1n) is 7.50. The van der Waals surface area contributed by atoms with Crippen molar-refractivity contribution in [1.29, 1.82) is 0 Å². The summed E-state index contributed by atoms with van der Waals surface area (Å²) >= 11 is 0. The summed E-state index contributed by atoms with van der Waals surface area (Å²) in [5.41, 5.74) is 4.36. The predicted octanol–water partition coefficient (Wildman–Crippen LogP) is 2.38. The predicted molar refractivity (Wildman–Crippen MR) is 91.0 cm³/mol. The van der Waals surface area contributed by atoms with E-state index < -0.39 is 0 Å². The number of rotatable bonds is 6. The van der Waals surface area contributed by atoms with E-state index in [1.807, 2.05) is 48.5 Å². The van der Waals surface area contributed by atoms with Gasteiger partial charge < -0.3 is 14.8 Å². The minimum absolute atomic E-state index is 0.332. The minimum atomic E-state index is -0.332. The largest absolute Gasteiger partial charge is 0.493 e. The van der Waals surface area contributed by atoms with Gasteiger partial charge in [-0.15, -0.1) is 0 Å². The van der Waals surface area contributed by atoms with Crippen molar-refractivity contribution in [1.82, 2.24) is 15.0 Å². The summed E-state index contributed by atoms with van der Waals surface area (Å²) < 4.78 is 12.4. The topological polar surface area (TPSA) is 77.4 Å². The van der Waals surface area contributed by atoms with Crippen LogP contribution in [0.1, 0.15) is 0 Å². The number of carbonyl (C=O) groups is 1. The van der Waals surface area contributed by atoms with E-state index >= 15 is 0 Å². The number of para-hydroxylation sites is 4. The Kier molecular flexibility index (Phi) is 4.81. The van der Waals surface area contributed by atoms with Crippen LogP contribution in [0.3, 0.4) is 0 Å². The van der Waals surface area contributed by atoms with Crippen LogP contribution in [-0.2, 0) is 0 Å². The lowest BCUT2D eigenvalue weighted by Crippen LogP contribution is -2.36. The number of methoxy groups -OCH3 is 1. The summed E-state index contributed by atoms with van der Waals surface area (Å²) in [6.45, 7) is 0.689. The Hall–Kier alpha value is -3.22.